The van der Waals surface area contributed by atoms with E-state index in [0.717, 1.165) is 51.4 Å². The number of nitrogens with one attached hydrogen (secondary N) is 1. The van der Waals surface area contributed by atoms with E-state index in [1.54, 1.807) is 6.08 Å². The van der Waals surface area contributed by atoms with Crippen LogP contribution in [0.4, 0.5) is 0 Å². The highest BCUT2D eigenvalue weighted by Gasteiger charge is 2.18. The molecule has 85 heavy (non-hydrogen) atoms. The number of esters is 1. The van der Waals surface area contributed by atoms with Crippen molar-refractivity contribution in [2.75, 3.05) is 13.2 Å². The van der Waals surface area contributed by atoms with Gasteiger partial charge in [0.2, 0.25) is 5.91 Å². The van der Waals surface area contributed by atoms with Gasteiger partial charge in [0.25, 0.3) is 0 Å². The maximum Gasteiger partial charge on any atom is 0.305 e. The monoisotopic (exact) mass is 1190 g/mol. The minimum atomic E-state index is -0.845. The number of ether oxygens (including phenoxy) is 1. The maximum atomic E-state index is 12.5. The first-order valence-corrected chi connectivity index (χ1v) is 38.4. The Labute approximate surface area is 531 Å². The van der Waals surface area contributed by atoms with E-state index < -0.39 is 12.1 Å². The molecule has 0 saturated carbocycles. The molecule has 1 amide bonds. The van der Waals surface area contributed by atoms with Crippen LogP contribution in [0.25, 0.3) is 0 Å². The Kier molecular flexibility index (Phi) is 72.4. The first kappa shape index (κ1) is 82.8. The number of unbranched alkanes of at least 4 members (excludes halogenated alkanes) is 55. The second kappa shape index (κ2) is 74.3. The average molecular weight is 1190 g/mol. The van der Waals surface area contributed by atoms with Crippen molar-refractivity contribution in [2.24, 2.45) is 0 Å². The van der Waals surface area contributed by atoms with Crippen molar-refractivity contribution in [3.05, 3.63) is 48.6 Å². The average Bonchev–Trinajstić information content (AvgIpc) is 3.54. The van der Waals surface area contributed by atoms with Gasteiger partial charge in [0.1, 0.15) is 0 Å². The second-order valence-corrected chi connectivity index (χ2v) is 26.3. The van der Waals surface area contributed by atoms with Crippen LogP contribution in [0.3, 0.4) is 0 Å². The number of allylic oxidation sites excluding steroid dienone is 7. The van der Waals surface area contributed by atoms with Gasteiger partial charge < -0.3 is 20.3 Å². The third-order valence-electron chi connectivity index (χ3n) is 17.8. The van der Waals surface area contributed by atoms with Gasteiger partial charge in [-0.25, -0.2) is 0 Å². The molecule has 6 heteroatoms. The highest BCUT2D eigenvalue weighted by molar-refractivity contribution is 5.76. The number of amides is 1. The normalized spacial score (nSPS) is 12.8. The van der Waals surface area contributed by atoms with E-state index in [1.807, 2.05) is 6.08 Å². The van der Waals surface area contributed by atoms with E-state index in [9.17, 15) is 19.8 Å². The fraction of sp³-hybridized carbons (Fsp3) is 0.873. The van der Waals surface area contributed by atoms with Crippen LogP contribution < -0.4 is 5.32 Å². The number of aliphatic hydroxyl groups is 2. The number of rotatable bonds is 72. The summed E-state index contributed by atoms with van der Waals surface area (Å²) in [6.07, 6.45) is 98.0. The molecule has 3 N–H and O–H groups in total. The molecule has 500 valence electrons. The molecule has 0 aromatic heterocycles. The predicted octanol–water partition coefficient (Wildman–Crippen LogP) is 25.2. The Morgan fingerprint density at radius 2 is 0.600 bits per heavy atom. The molecule has 2 atom stereocenters. The molecule has 0 aliphatic carbocycles. The van der Waals surface area contributed by atoms with Gasteiger partial charge in [0.05, 0.1) is 25.4 Å². The summed E-state index contributed by atoms with van der Waals surface area (Å²) in [5.41, 5.74) is 0. The van der Waals surface area contributed by atoms with Crippen molar-refractivity contribution < 1.29 is 24.5 Å². The van der Waals surface area contributed by atoms with Crippen LogP contribution in [0.2, 0.25) is 0 Å². The molecule has 0 aromatic carbocycles. The molecular formula is C79H149NO5. The maximum absolute atomic E-state index is 12.5. The molecule has 0 radical (unpaired) electrons. The smallest absolute Gasteiger partial charge is 0.305 e. The summed E-state index contributed by atoms with van der Waals surface area (Å²) in [7, 11) is 0. The zero-order valence-electron chi connectivity index (χ0n) is 57.4. The molecule has 0 fully saturated rings. The highest BCUT2D eigenvalue weighted by Crippen LogP contribution is 2.19. The lowest BCUT2D eigenvalue weighted by molar-refractivity contribution is -0.143. The summed E-state index contributed by atoms with van der Waals surface area (Å²) >= 11 is 0. The van der Waals surface area contributed by atoms with Crippen molar-refractivity contribution in [3.63, 3.8) is 0 Å². The third-order valence-corrected chi connectivity index (χ3v) is 17.8. The van der Waals surface area contributed by atoms with Crippen LogP contribution in [0, 0.1) is 0 Å². The van der Waals surface area contributed by atoms with Gasteiger partial charge in [-0.3, -0.25) is 9.59 Å². The summed E-state index contributed by atoms with van der Waals surface area (Å²) in [6, 6.07) is -0.628. The van der Waals surface area contributed by atoms with Gasteiger partial charge in [-0.2, -0.15) is 0 Å². The summed E-state index contributed by atoms with van der Waals surface area (Å²) in [6.45, 7) is 4.90. The Balaban J connectivity index is 3.40. The topological polar surface area (TPSA) is 95.9 Å². The van der Waals surface area contributed by atoms with Gasteiger partial charge in [-0.1, -0.05) is 371 Å². The van der Waals surface area contributed by atoms with Crippen LogP contribution in [0.15, 0.2) is 48.6 Å². The molecule has 0 heterocycles. The first-order chi connectivity index (χ1) is 42.0. The van der Waals surface area contributed by atoms with Crippen LogP contribution in [-0.2, 0) is 14.3 Å². The van der Waals surface area contributed by atoms with Gasteiger partial charge >= 0.3 is 5.97 Å². The summed E-state index contributed by atoms with van der Waals surface area (Å²) in [5.74, 6) is -0.0559. The molecule has 0 saturated heterocycles. The predicted molar refractivity (Wildman–Crippen MR) is 375 cm³/mol. The zero-order valence-corrected chi connectivity index (χ0v) is 57.4. The van der Waals surface area contributed by atoms with Crippen LogP contribution in [0.5, 0.6) is 0 Å². The largest absolute Gasteiger partial charge is 0.466 e. The van der Waals surface area contributed by atoms with E-state index in [0.29, 0.717) is 19.4 Å². The Hall–Kier alpha value is -2.18. The van der Waals surface area contributed by atoms with E-state index in [1.165, 1.54) is 340 Å². The quantitative estimate of drug-likeness (QED) is 0.0320. The molecular weight excluding hydrogens is 1040 g/mol. The summed E-state index contributed by atoms with van der Waals surface area (Å²) in [4.78, 5) is 24.5. The van der Waals surface area contributed by atoms with Crippen molar-refractivity contribution in [2.45, 2.75) is 431 Å². The Morgan fingerprint density at radius 1 is 0.329 bits per heavy atom. The zero-order chi connectivity index (χ0) is 61.3. The van der Waals surface area contributed by atoms with E-state index in [-0.39, 0.29) is 18.5 Å². The van der Waals surface area contributed by atoms with E-state index in [4.69, 9.17) is 4.74 Å². The highest BCUT2D eigenvalue weighted by atomic mass is 16.5. The number of carbonyl (C=O) groups excluding carboxylic acids is 2. The van der Waals surface area contributed by atoms with Crippen LogP contribution in [0.1, 0.15) is 418 Å². The fourth-order valence-corrected chi connectivity index (χ4v) is 11.9. The minimum Gasteiger partial charge on any atom is -0.466 e. The molecule has 6 nitrogen and oxygen atoms in total. The van der Waals surface area contributed by atoms with Crippen molar-refractivity contribution in [1.29, 1.82) is 0 Å². The first-order valence-electron chi connectivity index (χ1n) is 38.4. The molecule has 0 aliphatic rings. The van der Waals surface area contributed by atoms with Crippen LogP contribution in [-0.4, -0.2) is 47.4 Å². The molecule has 0 aliphatic heterocycles. The lowest BCUT2D eigenvalue weighted by Gasteiger charge is -2.20. The minimum absolute atomic E-state index is 0.00562. The Bertz CT molecular complexity index is 1420. The Morgan fingerprint density at radius 3 is 0.941 bits per heavy atom. The van der Waals surface area contributed by atoms with Crippen LogP contribution >= 0.6 is 0 Å². The van der Waals surface area contributed by atoms with Crippen molar-refractivity contribution >= 4 is 11.9 Å². The van der Waals surface area contributed by atoms with Crippen molar-refractivity contribution in [1.82, 2.24) is 5.32 Å². The molecule has 0 spiro atoms. The van der Waals surface area contributed by atoms with E-state index in [2.05, 4.69) is 55.6 Å². The van der Waals surface area contributed by atoms with E-state index >= 15 is 0 Å². The molecule has 0 rings (SSSR count). The van der Waals surface area contributed by atoms with Gasteiger partial charge in [-0.05, 0) is 83.5 Å². The molecule has 2 unspecified atom stereocenters. The summed E-state index contributed by atoms with van der Waals surface area (Å²) < 4.78 is 5.47. The number of hydrogen-bond acceptors (Lipinski definition) is 5. The van der Waals surface area contributed by atoms with Gasteiger partial charge in [0, 0.05) is 12.8 Å². The van der Waals surface area contributed by atoms with Gasteiger partial charge in [-0.15, -0.1) is 0 Å². The second-order valence-electron chi connectivity index (χ2n) is 26.3. The summed E-state index contributed by atoms with van der Waals surface area (Å²) in [5, 5.41) is 23.3. The lowest BCUT2D eigenvalue weighted by Crippen LogP contribution is -2.45. The fourth-order valence-electron chi connectivity index (χ4n) is 11.9. The number of carbonyl (C=O) groups is 2. The third kappa shape index (κ3) is 70.8. The van der Waals surface area contributed by atoms with Gasteiger partial charge in [0.15, 0.2) is 0 Å². The van der Waals surface area contributed by atoms with Crippen molar-refractivity contribution in [3.8, 4) is 0 Å². The number of hydrogen-bond donors (Lipinski definition) is 3. The lowest BCUT2D eigenvalue weighted by atomic mass is 10.0. The number of aliphatic hydroxyl groups excluding tert-OH is 2. The SMILES string of the molecule is CCCC/C=C\CCCCCCCC(=O)OCCCCCCCCCCCCC/C=C\C/C=C\CCCCCCCCCCCCCCCCCCCC(=O)NC(CO)C(O)/C=C/CCCCCCCCCCCCCCCCCCCCCC. The molecule has 0 aromatic rings. The standard InChI is InChI=1S/C79H149NO5/c1-3-5-7-9-11-13-15-16-17-18-19-20-36-39-42-45-48-52-55-59-63-67-71-77(82)76(75-81)80-78(83)72-68-64-60-56-53-49-46-43-40-37-34-32-30-28-26-24-22-21-23-25-27-29-31-33-35-38-41-44-47-50-54-58-62-66-70-74-85-79(84)73-69-65-61-57-51-14-12-10-8-6-4-2/h10,12,23,25,29,31,67,71,76-77,81-82H,3-9,11,13-22,24,26-28,30,32-66,68-70,72-75H2,1-2H3,(H,80,83)/b12-10-,25-23-,31-29-,71-67+. The molecule has 0 bridgehead atoms.